The van der Waals surface area contributed by atoms with Crippen molar-refractivity contribution in [3.05, 3.63) is 45.0 Å². The maximum absolute atomic E-state index is 13.5. The summed E-state index contributed by atoms with van der Waals surface area (Å²) in [5.41, 5.74) is -0.650. The molecule has 2 aromatic rings. The first kappa shape index (κ1) is 14.5. The van der Waals surface area contributed by atoms with Crippen molar-refractivity contribution in [3.8, 4) is 0 Å². The van der Waals surface area contributed by atoms with Crippen LogP contribution in [0.5, 0.6) is 0 Å². The molecule has 0 unspecified atom stereocenters. The average Bonchev–Trinajstić information content (AvgIpc) is 2.34. The number of aromatic nitrogens is 1. The number of carboxylic acids is 1. The normalized spacial score (nSPS) is 11.2. The van der Waals surface area contributed by atoms with E-state index in [1.165, 1.54) is 12.3 Å². The molecule has 1 heterocycles. The molecular formula is C14H13ClFNO3. The Morgan fingerprint density at radius 3 is 2.65 bits per heavy atom. The van der Waals surface area contributed by atoms with Crippen molar-refractivity contribution in [2.75, 3.05) is 0 Å². The first-order valence-corrected chi connectivity index (χ1v) is 6.44. The number of rotatable bonds is 3. The molecule has 0 saturated carbocycles. The van der Waals surface area contributed by atoms with Crippen molar-refractivity contribution in [1.82, 2.24) is 4.57 Å². The molecule has 1 aromatic heterocycles. The second-order valence-electron chi connectivity index (χ2n) is 5.01. The number of fused-ring (bicyclic) bond motifs is 1. The fraction of sp³-hybridized carbons (Fsp3) is 0.286. The largest absolute Gasteiger partial charge is 0.477 e. The third-order valence-electron chi connectivity index (χ3n) is 2.91. The molecule has 1 aromatic carbocycles. The number of hydrogen-bond donors (Lipinski definition) is 1. The third kappa shape index (κ3) is 2.54. The Kier molecular flexibility index (Phi) is 3.81. The summed E-state index contributed by atoms with van der Waals surface area (Å²) in [4.78, 5) is 23.2. The maximum Gasteiger partial charge on any atom is 0.341 e. The zero-order valence-electron chi connectivity index (χ0n) is 11.0. The molecule has 4 nitrogen and oxygen atoms in total. The van der Waals surface area contributed by atoms with E-state index in [-0.39, 0.29) is 21.9 Å². The highest BCUT2D eigenvalue weighted by molar-refractivity contribution is 6.31. The second kappa shape index (κ2) is 5.25. The summed E-state index contributed by atoms with van der Waals surface area (Å²) < 4.78 is 15.1. The Balaban J connectivity index is 2.89. The summed E-state index contributed by atoms with van der Waals surface area (Å²) in [6, 6.07) is 2.34. The summed E-state index contributed by atoms with van der Waals surface area (Å²) in [5.74, 6) is -1.84. The van der Waals surface area contributed by atoms with Crippen LogP contribution in [0.4, 0.5) is 4.39 Å². The van der Waals surface area contributed by atoms with Gasteiger partial charge in [-0.25, -0.2) is 9.18 Å². The van der Waals surface area contributed by atoms with Gasteiger partial charge in [0.2, 0.25) is 5.43 Å². The van der Waals surface area contributed by atoms with Crippen molar-refractivity contribution in [1.29, 1.82) is 0 Å². The van der Waals surface area contributed by atoms with Gasteiger partial charge < -0.3 is 9.67 Å². The van der Waals surface area contributed by atoms with Gasteiger partial charge >= 0.3 is 5.97 Å². The minimum Gasteiger partial charge on any atom is -0.477 e. The Morgan fingerprint density at radius 2 is 2.10 bits per heavy atom. The summed E-state index contributed by atoms with van der Waals surface area (Å²) in [6.45, 7) is 4.41. The van der Waals surface area contributed by atoms with Crippen LogP contribution in [0.25, 0.3) is 10.9 Å². The monoisotopic (exact) mass is 297 g/mol. The molecule has 106 valence electrons. The molecule has 0 amide bonds. The topological polar surface area (TPSA) is 59.3 Å². The molecule has 0 spiro atoms. The molecular weight excluding hydrogens is 285 g/mol. The zero-order valence-corrected chi connectivity index (χ0v) is 11.7. The number of nitrogens with zero attached hydrogens (tertiary/aromatic N) is 1. The fourth-order valence-electron chi connectivity index (χ4n) is 2.08. The van der Waals surface area contributed by atoms with Crippen LogP contribution >= 0.6 is 11.6 Å². The smallest absolute Gasteiger partial charge is 0.341 e. The van der Waals surface area contributed by atoms with Crippen molar-refractivity contribution >= 4 is 28.5 Å². The van der Waals surface area contributed by atoms with E-state index in [0.29, 0.717) is 12.1 Å². The maximum atomic E-state index is 13.5. The van der Waals surface area contributed by atoms with Gasteiger partial charge in [0, 0.05) is 18.1 Å². The van der Waals surface area contributed by atoms with Crippen LogP contribution in [0.15, 0.2) is 23.1 Å². The average molecular weight is 298 g/mol. The molecule has 0 bridgehead atoms. The molecule has 2 rings (SSSR count). The first-order chi connectivity index (χ1) is 9.31. The predicted molar refractivity (Wildman–Crippen MR) is 75.0 cm³/mol. The van der Waals surface area contributed by atoms with Crippen LogP contribution < -0.4 is 5.43 Å². The minimum absolute atomic E-state index is 0.0208. The lowest BCUT2D eigenvalue weighted by molar-refractivity contribution is 0.0694. The number of carboxylic acid groups (broad SMARTS) is 1. The highest BCUT2D eigenvalue weighted by Gasteiger charge is 2.16. The van der Waals surface area contributed by atoms with Gasteiger partial charge in [0.05, 0.1) is 10.5 Å². The van der Waals surface area contributed by atoms with Crippen LogP contribution in [0.2, 0.25) is 5.02 Å². The second-order valence-corrected chi connectivity index (χ2v) is 5.41. The molecule has 0 aliphatic rings. The number of aromatic carboxylic acids is 1. The summed E-state index contributed by atoms with van der Waals surface area (Å²) in [6.07, 6.45) is 1.28. The third-order valence-corrected chi connectivity index (χ3v) is 3.20. The number of halogens is 2. The lowest BCUT2D eigenvalue weighted by atomic mass is 10.1. The number of carbonyl (C=O) groups is 1. The first-order valence-electron chi connectivity index (χ1n) is 6.06. The van der Waals surface area contributed by atoms with Gasteiger partial charge in [-0.05, 0) is 18.1 Å². The lowest BCUT2D eigenvalue weighted by Gasteiger charge is -2.14. The number of benzene rings is 1. The van der Waals surface area contributed by atoms with Crippen molar-refractivity contribution < 1.29 is 14.3 Å². The molecule has 1 N–H and O–H groups in total. The summed E-state index contributed by atoms with van der Waals surface area (Å²) >= 11 is 5.74. The van der Waals surface area contributed by atoms with E-state index in [0.717, 1.165) is 6.07 Å². The Hall–Kier alpha value is -1.88. The SMILES string of the molecule is CC(C)Cn1cc(C(=O)O)c(=O)c2cc(F)c(Cl)cc21. The Bertz CT molecular complexity index is 752. The van der Waals surface area contributed by atoms with Gasteiger partial charge in [-0.1, -0.05) is 25.4 Å². The van der Waals surface area contributed by atoms with E-state index in [9.17, 15) is 14.0 Å². The fourth-order valence-corrected chi connectivity index (χ4v) is 2.24. The van der Waals surface area contributed by atoms with E-state index >= 15 is 0 Å². The zero-order chi connectivity index (χ0) is 15.0. The Morgan fingerprint density at radius 1 is 1.45 bits per heavy atom. The molecule has 0 aliphatic heterocycles. The van der Waals surface area contributed by atoms with Crippen LogP contribution in [0, 0.1) is 11.7 Å². The van der Waals surface area contributed by atoms with E-state index in [4.69, 9.17) is 16.7 Å². The van der Waals surface area contributed by atoms with Crippen molar-refractivity contribution in [3.63, 3.8) is 0 Å². The molecule has 20 heavy (non-hydrogen) atoms. The predicted octanol–water partition coefficient (Wildman–Crippen LogP) is 3.15. The van der Waals surface area contributed by atoms with E-state index in [1.807, 2.05) is 13.8 Å². The van der Waals surface area contributed by atoms with Crippen LogP contribution in [0.3, 0.4) is 0 Å². The Labute approximate surface area is 119 Å². The highest BCUT2D eigenvalue weighted by Crippen LogP contribution is 2.22. The molecule has 0 saturated heterocycles. The lowest BCUT2D eigenvalue weighted by Crippen LogP contribution is -2.20. The number of pyridine rings is 1. The van der Waals surface area contributed by atoms with Crippen molar-refractivity contribution in [2.24, 2.45) is 5.92 Å². The van der Waals surface area contributed by atoms with Gasteiger partial charge in [-0.3, -0.25) is 4.79 Å². The molecule has 0 radical (unpaired) electrons. The summed E-state index contributed by atoms with van der Waals surface area (Å²) in [5, 5.41) is 9.00. The van der Waals surface area contributed by atoms with Gasteiger partial charge in [0.25, 0.3) is 0 Å². The molecule has 0 atom stereocenters. The van der Waals surface area contributed by atoms with E-state index < -0.39 is 17.2 Å². The molecule has 0 fully saturated rings. The quantitative estimate of drug-likeness (QED) is 0.947. The summed E-state index contributed by atoms with van der Waals surface area (Å²) in [7, 11) is 0. The standard InChI is InChI=1S/C14H13ClFNO3/c1-7(2)5-17-6-9(14(19)20)13(18)8-3-11(16)10(15)4-12(8)17/h3-4,6-7H,5H2,1-2H3,(H,19,20). The van der Waals surface area contributed by atoms with Crippen molar-refractivity contribution in [2.45, 2.75) is 20.4 Å². The van der Waals surface area contributed by atoms with E-state index in [1.54, 1.807) is 4.57 Å². The van der Waals surface area contributed by atoms with Crippen LogP contribution in [-0.2, 0) is 6.54 Å². The van der Waals surface area contributed by atoms with Gasteiger partial charge in [-0.15, -0.1) is 0 Å². The van der Waals surface area contributed by atoms with E-state index in [2.05, 4.69) is 0 Å². The van der Waals surface area contributed by atoms with Gasteiger partial charge in [0.1, 0.15) is 11.4 Å². The van der Waals surface area contributed by atoms with Crippen LogP contribution in [-0.4, -0.2) is 15.6 Å². The molecule has 0 aliphatic carbocycles. The highest BCUT2D eigenvalue weighted by atomic mass is 35.5. The van der Waals surface area contributed by atoms with Crippen LogP contribution in [0.1, 0.15) is 24.2 Å². The molecule has 6 heteroatoms. The van der Waals surface area contributed by atoms with Gasteiger partial charge in [-0.2, -0.15) is 0 Å². The number of hydrogen-bond acceptors (Lipinski definition) is 2. The minimum atomic E-state index is -1.33. The van der Waals surface area contributed by atoms with Gasteiger partial charge in [0.15, 0.2) is 0 Å².